The van der Waals surface area contributed by atoms with Crippen LogP contribution in [0.5, 0.6) is 0 Å². The zero-order chi connectivity index (χ0) is 12.5. The van der Waals surface area contributed by atoms with Gasteiger partial charge >= 0.3 is 0 Å². The molecule has 1 aromatic carbocycles. The third kappa shape index (κ3) is 2.79. The highest BCUT2D eigenvalue weighted by Gasteiger charge is 2.26. The number of likely N-dealkylation sites (N-methyl/N-ethyl adjacent to an activating group) is 1. The summed E-state index contributed by atoms with van der Waals surface area (Å²) in [6.45, 7) is 2.28. The molecule has 0 saturated heterocycles. The Bertz CT molecular complexity index is 429. The van der Waals surface area contributed by atoms with Crippen molar-refractivity contribution < 1.29 is 0 Å². The maximum Gasteiger partial charge on any atom is 0.0326 e. The molecule has 0 heterocycles. The first-order valence-electron chi connectivity index (χ1n) is 6.96. The van der Waals surface area contributed by atoms with Crippen molar-refractivity contribution in [2.75, 3.05) is 20.1 Å². The zero-order valence-corrected chi connectivity index (χ0v) is 12.5. The van der Waals surface area contributed by atoms with Crippen LogP contribution in [-0.4, -0.2) is 31.1 Å². The molecule has 1 aromatic rings. The zero-order valence-electron chi connectivity index (χ0n) is 11.0. The van der Waals surface area contributed by atoms with Gasteiger partial charge in [0, 0.05) is 29.6 Å². The molecule has 2 nitrogen and oxygen atoms in total. The minimum absolute atomic E-state index is 0.570. The van der Waals surface area contributed by atoms with Gasteiger partial charge in [0.25, 0.3) is 0 Å². The summed E-state index contributed by atoms with van der Waals surface area (Å²) in [4.78, 5) is 2.49. The van der Waals surface area contributed by atoms with Crippen molar-refractivity contribution in [3.8, 4) is 0 Å². The van der Waals surface area contributed by atoms with Crippen LogP contribution < -0.4 is 5.32 Å². The lowest BCUT2D eigenvalue weighted by Gasteiger charge is -2.19. The number of aryl methyl sites for hydroxylation is 1. The molecule has 1 N–H and O–H groups in total. The molecule has 0 spiro atoms. The average molecular weight is 309 g/mol. The van der Waals surface area contributed by atoms with E-state index < -0.39 is 0 Å². The van der Waals surface area contributed by atoms with E-state index in [-0.39, 0.29) is 0 Å². The van der Waals surface area contributed by atoms with Crippen LogP contribution in [0.3, 0.4) is 0 Å². The second-order valence-electron chi connectivity index (χ2n) is 5.60. The predicted molar refractivity (Wildman–Crippen MR) is 78.9 cm³/mol. The van der Waals surface area contributed by atoms with E-state index in [1.54, 1.807) is 0 Å². The van der Waals surface area contributed by atoms with Crippen LogP contribution in [0.25, 0.3) is 0 Å². The fraction of sp³-hybridized carbons (Fsp3) is 0.600. The molecule has 1 fully saturated rings. The summed E-state index contributed by atoms with van der Waals surface area (Å²) in [7, 11) is 2.25. The molecule has 0 bridgehead atoms. The molecule has 3 rings (SSSR count). The van der Waals surface area contributed by atoms with Gasteiger partial charge in [0.2, 0.25) is 0 Å². The second kappa shape index (κ2) is 5.32. The Labute approximate surface area is 118 Å². The van der Waals surface area contributed by atoms with Crippen LogP contribution >= 0.6 is 15.9 Å². The number of fused-ring (bicyclic) bond motifs is 1. The van der Waals surface area contributed by atoms with Crippen molar-refractivity contribution in [2.24, 2.45) is 0 Å². The van der Waals surface area contributed by atoms with Crippen molar-refractivity contribution in [3.63, 3.8) is 0 Å². The fourth-order valence-corrected chi connectivity index (χ4v) is 3.32. The van der Waals surface area contributed by atoms with E-state index in [4.69, 9.17) is 0 Å². The average Bonchev–Trinajstić information content (AvgIpc) is 3.13. The van der Waals surface area contributed by atoms with Crippen molar-refractivity contribution in [1.82, 2.24) is 10.2 Å². The SMILES string of the molecule is CN(CCNC1CCc2cc(Br)ccc21)C1CC1. The third-order valence-electron chi connectivity index (χ3n) is 4.21. The van der Waals surface area contributed by atoms with Crippen molar-refractivity contribution in [1.29, 1.82) is 0 Å². The monoisotopic (exact) mass is 308 g/mol. The summed E-state index contributed by atoms with van der Waals surface area (Å²) in [5.74, 6) is 0. The van der Waals surface area contributed by atoms with Gasteiger partial charge in [-0.3, -0.25) is 0 Å². The van der Waals surface area contributed by atoms with Gasteiger partial charge in [-0.15, -0.1) is 0 Å². The molecule has 1 unspecified atom stereocenters. The number of hydrogen-bond donors (Lipinski definition) is 1. The predicted octanol–water partition coefficient (Wildman–Crippen LogP) is 3.12. The molecule has 1 saturated carbocycles. The maximum atomic E-state index is 3.71. The van der Waals surface area contributed by atoms with Crippen molar-refractivity contribution >= 4 is 15.9 Å². The van der Waals surface area contributed by atoms with Gasteiger partial charge in [-0.25, -0.2) is 0 Å². The summed E-state index contributed by atoms with van der Waals surface area (Å²) in [6, 6.07) is 8.15. The molecule has 3 heteroatoms. The molecule has 98 valence electrons. The number of nitrogens with one attached hydrogen (secondary N) is 1. The van der Waals surface area contributed by atoms with Crippen LogP contribution in [0.4, 0.5) is 0 Å². The first-order valence-corrected chi connectivity index (χ1v) is 7.75. The molecule has 2 aliphatic carbocycles. The lowest BCUT2D eigenvalue weighted by Crippen LogP contribution is -2.32. The normalized spacial score (nSPS) is 22.5. The third-order valence-corrected chi connectivity index (χ3v) is 4.70. The van der Waals surface area contributed by atoms with Gasteiger partial charge in [0.1, 0.15) is 0 Å². The summed E-state index contributed by atoms with van der Waals surface area (Å²) < 4.78 is 1.20. The summed E-state index contributed by atoms with van der Waals surface area (Å²) in [6.07, 6.45) is 5.26. The highest BCUT2D eigenvalue weighted by atomic mass is 79.9. The number of halogens is 1. The highest BCUT2D eigenvalue weighted by molar-refractivity contribution is 9.10. The van der Waals surface area contributed by atoms with E-state index in [0.29, 0.717) is 6.04 Å². The number of benzene rings is 1. The molecule has 0 amide bonds. The van der Waals surface area contributed by atoms with Gasteiger partial charge in [-0.1, -0.05) is 22.0 Å². The van der Waals surface area contributed by atoms with Gasteiger partial charge in [-0.2, -0.15) is 0 Å². The van der Waals surface area contributed by atoms with Crippen LogP contribution in [-0.2, 0) is 6.42 Å². The Balaban J connectivity index is 1.52. The van der Waals surface area contributed by atoms with E-state index in [9.17, 15) is 0 Å². The summed E-state index contributed by atoms with van der Waals surface area (Å²) in [5, 5.41) is 3.71. The van der Waals surface area contributed by atoms with Crippen molar-refractivity contribution in [3.05, 3.63) is 33.8 Å². The fourth-order valence-electron chi connectivity index (χ4n) is 2.91. The van der Waals surface area contributed by atoms with E-state index in [0.717, 1.165) is 12.6 Å². The number of rotatable bonds is 5. The lowest BCUT2D eigenvalue weighted by atomic mass is 10.1. The van der Waals surface area contributed by atoms with E-state index >= 15 is 0 Å². The molecular formula is C15H21BrN2. The Kier molecular flexibility index (Phi) is 3.73. The van der Waals surface area contributed by atoms with E-state index in [1.807, 2.05) is 0 Å². The molecular weight excluding hydrogens is 288 g/mol. The lowest BCUT2D eigenvalue weighted by molar-refractivity contribution is 0.314. The standard InChI is InChI=1S/C15H21BrN2/c1-18(13-4-5-13)9-8-17-15-7-2-11-10-12(16)3-6-14(11)15/h3,6,10,13,15,17H,2,4-5,7-9H2,1H3. The first-order chi connectivity index (χ1) is 8.74. The van der Waals surface area contributed by atoms with Crippen LogP contribution in [0, 0.1) is 0 Å². The Morgan fingerprint density at radius 2 is 2.17 bits per heavy atom. The van der Waals surface area contributed by atoms with Gasteiger partial charge in [0.15, 0.2) is 0 Å². The molecule has 0 aliphatic heterocycles. The molecule has 1 atom stereocenters. The topological polar surface area (TPSA) is 15.3 Å². The van der Waals surface area contributed by atoms with Gasteiger partial charge in [0.05, 0.1) is 0 Å². The van der Waals surface area contributed by atoms with E-state index in [2.05, 4.69) is 51.4 Å². The Morgan fingerprint density at radius 3 is 2.94 bits per heavy atom. The molecule has 18 heavy (non-hydrogen) atoms. The van der Waals surface area contributed by atoms with E-state index in [1.165, 1.54) is 47.8 Å². The van der Waals surface area contributed by atoms with Crippen LogP contribution in [0.2, 0.25) is 0 Å². The minimum Gasteiger partial charge on any atom is -0.309 e. The maximum absolute atomic E-state index is 3.71. The number of nitrogens with zero attached hydrogens (tertiary/aromatic N) is 1. The van der Waals surface area contributed by atoms with Crippen LogP contribution in [0.15, 0.2) is 22.7 Å². The number of hydrogen-bond acceptors (Lipinski definition) is 2. The smallest absolute Gasteiger partial charge is 0.0326 e. The highest BCUT2D eigenvalue weighted by Crippen LogP contribution is 2.32. The second-order valence-corrected chi connectivity index (χ2v) is 6.52. The molecule has 0 radical (unpaired) electrons. The summed E-state index contributed by atoms with van der Waals surface area (Å²) >= 11 is 3.55. The summed E-state index contributed by atoms with van der Waals surface area (Å²) in [5.41, 5.74) is 3.02. The molecule has 0 aromatic heterocycles. The Hall–Kier alpha value is -0.380. The van der Waals surface area contributed by atoms with Gasteiger partial charge in [-0.05, 0) is 56.0 Å². The first kappa shape index (κ1) is 12.6. The quantitative estimate of drug-likeness (QED) is 0.899. The Morgan fingerprint density at radius 1 is 1.33 bits per heavy atom. The van der Waals surface area contributed by atoms with Crippen LogP contribution in [0.1, 0.15) is 36.4 Å². The minimum atomic E-state index is 0.570. The van der Waals surface area contributed by atoms with Gasteiger partial charge < -0.3 is 10.2 Å². The van der Waals surface area contributed by atoms with Crippen molar-refractivity contribution in [2.45, 2.75) is 37.8 Å². The largest absolute Gasteiger partial charge is 0.309 e. The molecule has 2 aliphatic rings.